The van der Waals surface area contributed by atoms with Crippen LogP contribution in [-0.2, 0) is 16.0 Å². The van der Waals surface area contributed by atoms with Gasteiger partial charge in [-0.05, 0) is 23.6 Å². The summed E-state index contributed by atoms with van der Waals surface area (Å²) in [6.07, 6.45) is -0.0744. The number of carboxylic acids is 3. The fourth-order valence-electron chi connectivity index (χ4n) is 1.98. The van der Waals surface area contributed by atoms with Gasteiger partial charge in [0, 0.05) is 6.42 Å². The molecule has 0 aliphatic carbocycles. The number of rotatable bonds is 6. The number of carbonyl (C=O) groups is 3. The van der Waals surface area contributed by atoms with Crippen LogP contribution in [0, 0.1) is 5.92 Å². The van der Waals surface area contributed by atoms with Crippen molar-refractivity contribution < 1.29 is 29.7 Å². The molecule has 1 rings (SSSR count). The summed E-state index contributed by atoms with van der Waals surface area (Å²) in [5.74, 6) is -4.07. The fraction of sp³-hybridized carbons (Fsp3) is 0.267. The van der Waals surface area contributed by atoms with Gasteiger partial charge in [0.05, 0.1) is 16.7 Å². The zero-order valence-corrected chi connectivity index (χ0v) is 11.7. The number of aliphatic carboxylic acids is 2. The average molecular weight is 364 g/mol. The van der Waals surface area contributed by atoms with E-state index in [0.29, 0.717) is 5.56 Å². The second-order valence-electron chi connectivity index (χ2n) is 4.84. The molecule has 0 heterocycles. The van der Waals surface area contributed by atoms with Gasteiger partial charge in [-0.3, -0.25) is 0 Å². The van der Waals surface area contributed by atoms with Gasteiger partial charge in [0.1, 0.15) is 0 Å². The van der Waals surface area contributed by atoms with Gasteiger partial charge in [-0.1, -0.05) is 26.0 Å². The topological polar surface area (TPSA) is 112 Å². The molecule has 0 spiro atoms. The van der Waals surface area contributed by atoms with Crippen LogP contribution < -0.4 is 0 Å². The van der Waals surface area contributed by atoms with E-state index in [0.717, 1.165) is 0 Å². The normalized spacial score (nSPS) is 10.5. The third-order valence-electron chi connectivity index (χ3n) is 2.97. The van der Waals surface area contributed by atoms with Crippen molar-refractivity contribution in [3.05, 3.63) is 46.5 Å². The van der Waals surface area contributed by atoms with Crippen LogP contribution in [0.15, 0.2) is 35.4 Å². The van der Waals surface area contributed by atoms with E-state index in [1.807, 2.05) is 0 Å². The fourth-order valence-corrected chi connectivity index (χ4v) is 1.98. The van der Waals surface area contributed by atoms with Crippen molar-refractivity contribution in [2.75, 3.05) is 0 Å². The molecule has 0 fully saturated rings. The third-order valence-corrected chi connectivity index (χ3v) is 2.97. The summed E-state index contributed by atoms with van der Waals surface area (Å²) in [6.45, 7) is 3.22. The van der Waals surface area contributed by atoms with Gasteiger partial charge in [0.15, 0.2) is 0 Å². The summed E-state index contributed by atoms with van der Waals surface area (Å²) in [5, 5.41) is 27.2. The van der Waals surface area contributed by atoms with Crippen LogP contribution >= 0.6 is 0 Å². The van der Waals surface area contributed by atoms with Gasteiger partial charge in [0.25, 0.3) is 0 Å². The molecule has 6 nitrogen and oxygen atoms in total. The van der Waals surface area contributed by atoms with E-state index in [4.69, 9.17) is 10.2 Å². The zero-order valence-electron chi connectivity index (χ0n) is 11.7. The Morgan fingerprint density at radius 2 is 1.33 bits per heavy atom. The molecule has 0 saturated carbocycles. The Morgan fingerprint density at radius 3 is 1.62 bits per heavy atom. The molecule has 0 amide bonds. The molecule has 0 atom stereocenters. The van der Waals surface area contributed by atoms with E-state index in [9.17, 15) is 19.5 Å². The van der Waals surface area contributed by atoms with Crippen LogP contribution in [0.2, 0.25) is 0 Å². The minimum atomic E-state index is -1.29. The quantitative estimate of drug-likeness (QED) is 0.488. The van der Waals surface area contributed by atoms with Gasteiger partial charge in [-0.2, -0.15) is 0 Å². The Bertz CT molecular complexity index is 608. The van der Waals surface area contributed by atoms with Crippen LogP contribution in [0.5, 0.6) is 0 Å². The van der Waals surface area contributed by atoms with Gasteiger partial charge in [0.2, 0.25) is 0 Å². The van der Waals surface area contributed by atoms with Crippen molar-refractivity contribution >= 4 is 107 Å². The first kappa shape index (κ1) is 29.1. The molecule has 118 valence electrons. The second-order valence-corrected chi connectivity index (χ2v) is 4.84. The Kier molecular flexibility index (Phi) is 16.5. The molecular weight excluding hydrogens is 345 g/mol. The SMILES string of the molecule is CC(C)/C(C(=O)O)=C(\Cc1ccc(C(=O)O)cc1)C(=O)O.[NaH].[NaH].[NaH]. The molecule has 0 saturated heterocycles. The minimum absolute atomic E-state index is 0. The monoisotopic (exact) mass is 364 g/mol. The Morgan fingerprint density at radius 1 is 0.875 bits per heavy atom. The first-order chi connectivity index (χ1) is 9.73. The molecule has 0 aromatic heterocycles. The number of carboxylic acid groups (broad SMARTS) is 3. The summed E-state index contributed by atoms with van der Waals surface area (Å²) in [5.41, 5.74) is 0.282. The van der Waals surface area contributed by atoms with Crippen molar-refractivity contribution in [2.24, 2.45) is 5.92 Å². The van der Waals surface area contributed by atoms with E-state index in [-0.39, 0.29) is 112 Å². The maximum atomic E-state index is 11.3. The van der Waals surface area contributed by atoms with Gasteiger partial charge in [-0.15, -0.1) is 0 Å². The molecule has 0 aliphatic heterocycles. The standard InChI is InChI=1S/C15H16O6.3Na.3H/c1-8(2)12(15(20)21)11(14(18)19)7-9-3-5-10(6-4-9)13(16)17;;;;;;/h3-6,8H,7H2,1-2H3,(H,16,17)(H,18,19)(H,20,21);;;;;;/b12-11-;;;;;;. The molecule has 1 aromatic rings. The maximum absolute atomic E-state index is 11.3. The summed E-state index contributed by atoms with van der Waals surface area (Å²) in [6, 6.07) is 5.66. The molecule has 24 heavy (non-hydrogen) atoms. The summed E-state index contributed by atoms with van der Waals surface area (Å²) in [4.78, 5) is 33.3. The first-order valence-electron chi connectivity index (χ1n) is 6.26. The van der Waals surface area contributed by atoms with Gasteiger partial charge in [-0.25, -0.2) is 14.4 Å². The van der Waals surface area contributed by atoms with E-state index in [1.165, 1.54) is 24.3 Å². The van der Waals surface area contributed by atoms with E-state index in [1.54, 1.807) is 13.8 Å². The molecule has 0 unspecified atom stereocenters. The third kappa shape index (κ3) is 8.65. The summed E-state index contributed by atoms with van der Waals surface area (Å²) < 4.78 is 0. The second kappa shape index (κ2) is 13.6. The first-order valence-corrected chi connectivity index (χ1v) is 6.26. The van der Waals surface area contributed by atoms with Crippen LogP contribution in [0.3, 0.4) is 0 Å². The van der Waals surface area contributed by atoms with Crippen LogP contribution in [0.4, 0.5) is 0 Å². The van der Waals surface area contributed by atoms with E-state index in [2.05, 4.69) is 0 Å². The predicted octanol–water partition coefficient (Wildman–Crippen LogP) is 0.104. The molecule has 0 radical (unpaired) electrons. The zero-order chi connectivity index (χ0) is 16.2. The van der Waals surface area contributed by atoms with Crippen molar-refractivity contribution in [3.8, 4) is 0 Å². The Hall–Kier alpha value is 0.370. The van der Waals surface area contributed by atoms with Crippen molar-refractivity contribution in [3.63, 3.8) is 0 Å². The molecule has 0 aliphatic rings. The van der Waals surface area contributed by atoms with Crippen molar-refractivity contribution in [2.45, 2.75) is 20.3 Å². The average Bonchev–Trinajstić information content (AvgIpc) is 2.37. The molecule has 0 bridgehead atoms. The molecule has 1 aromatic carbocycles. The van der Waals surface area contributed by atoms with Gasteiger partial charge >= 0.3 is 107 Å². The van der Waals surface area contributed by atoms with Crippen molar-refractivity contribution in [1.82, 2.24) is 0 Å². The number of hydrogen-bond acceptors (Lipinski definition) is 3. The molecule has 3 N–H and O–H groups in total. The molecular formula is C15H19Na3O6. The van der Waals surface area contributed by atoms with Gasteiger partial charge < -0.3 is 15.3 Å². The summed E-state index contributed by atoms with van der Waals surface area (Å²) in [7, 11) is 0. The number of hydrogen-bond donors (Lipinski definition) is 3. The van der Waals surface area contributed by atoms with Crippen LogP contribution in [-0.4, -0.2) is 122 Å². The Labute approximate surface area is 206 Å². The van der Waals surface area contributed by atoms with E-state index < -0.39 is 23.8 Å². The Balaban J connectivity index is -0.00000147. The van der Waals surface area contributed by atoms with Crippen LogP contribution in [0.1, 0.15) is 29.8 Å². The number of benzene rings is 1. The van der Waals surface area contributed by atoms with Crippen LogP contribution in [0.25, 0.3) is 0 Å². The predicted molar refractivity (Wildman–Crippen MR) is 95.7 cm³/mol. The van der Waals surface area contributed by atoms with E-state index >= 15 is 0 Å². The van der Waals surface area contributed by atoms with Crippen molar-refractivity contribution in [1.29, 1.82) is 0 Å². The molecule has 9 heteroatoms. The summed E-state index contributed by atoms with van der Waals surface area (Å²) >= 11 is 0. The number of aromatic carboxylic acids is 1.